The quantitative estimate of drug-likeness (QED) is 0.553. The van der Waals surface area contributed by atoms with Crippen LogP contribution in [0.1, 0.15) is 22.9 Å². The van der Waals surface area contributed by atoms with Gasteiger partial charge in [-0.05, 0) is 35.2 Å². The van der Waals surface area contributed by atoms with Crippen LogP contribution in [0.5, 0.6) is 0 Å². The van der Waals surface area contributed by atoms with E-state index >= 15 is 0 Å². The zero-order valence-corrected chi connectivity index (χ0v) is 15.1. The standard InChI is InChI=1S/C22H17FN2O3/c1-3-19(26)25-18(22(27)28-2)12-16-15-6-4-5-7-17(15)24-20(16)21(25)13-8-10-14(23)11-9-13/h1,4-11,18,21,24H,12H2,2H3/t18-,21+/m1/s1. The summed E-state index contributed by atoms with van der Waals surface area (Å²) < 4.78 is 18.5. The second kappa shape index (κ2) is 6.86. The molecule has 0 fully saturated rings. The maximum Gasteiger partial charge on any atom is 0.328 e. The Morgan fingerprint density at radius 3 is 2.61 bits per heavy atom. The number of methoxy groups -OCH3 is 1. The first-order chi connectivity index (χ1) is 13.5. The monoisotopic (exact) mass is 376 g/mol. The summed E-state index contributed by atoms with van der Waals surface area (Å²) in [4.78, 5) is 29.9. The summed E-state index contributed by atoms with van der Waals surface area (Å²) >= 11 is 0. The van der Waals surface area contributed by atoms with Gasteiger partial charge >= 0.3 is 5.97 Å². The van der Waals surface area contributed by atoms with Crippen LogP contribution < -0.4 is 0 Å². The Bertz CT molecular complexity index is 1110. The number of H-pyrrole nitrogens is 1. The number of aromatic nitrogens is 1. The number of amides is 1. The molecule has 2 heterocycles. The summed E-state index contributed by atoms with van der Waals surface area (Å²) in [6, 6.07) is 12.0. The van der Waals surface area contributed by atoms with Gasteiger partial charge in [0.25, 0.3) is 5.91 Å². The van der Waals surface area contributed by atoms with E-state index < -0.39 is 29.8 Å². The number of ether oxygens (including phenoxy) is 1. The molecule has 2 atom stereocenters. The summed E-state index contributed by atoms with van der Waals surface area (Å²) in [6.07, 6.45) is 5.68. The minimum atomic E-state index is -0.879. The molecular weight excluding hydrogens is 359 g/mol. The third kappa shape index (κ3) is 2.72. The molecule has 3 aromatic rings. The second-order valence-corrected chi connectivity index (χ2v) is 6.62. The number of benzene rings is 2. The van der Waals surface area contributed by atoms with Gasteiger partial charge in [-0.3, -0.25) is 4.79 Å². The number of carbonyl (C=O) groups is 2. The van der Waals surface area contributed by atoms with Crippen molar-refractivity contribution in [3.63, 3.8) is 0 Å². The van der Waals surface area contributed by atoms with Crippen LogP contribution in [0.4, 0.5) is 4.39 Å². The van der Waals surface area contributed by atoms with Crippen molar-refractivity contribution < 1.29 is 18.7 Å². The van der Waals surface area contributed by atoms with Crippen LogP contribution >= 0.6 is 0 Å². The number of hydrogen-bond acceptors (Lipinski definition) is 3. The van der Waals surface area contributed by atoms with Crippen molar-refractivity contribution in [2.75, 3.05) is 7.11 Å². The van der Waals surface area contributed by atoms with Crippen LogP contribution in [0.3, 0.4) is 0 Å². The highest BCUT2D eigenvalue weighted by atomic mass is 19.1. The molecule has 0 radical (unpaired) electrons. The summed E-state index contributed by atoms with van der Waals surface area (Å²) in [5.41, 5.74) is 3.21. The number of carbonyl (C=O) groups excluding carboxylic acids is 2. The minimum Gasteiger partial charge on any atom is -0.467 e. The number of esters is 1. The molecule has 28 heavy (non-hydrogen) atoms. The Morgan fingerprint density at radius 2 is 1.93 bits per heavy atom. The molecule has 0 aliphatic carbocycles. The van der Waals surface area contributed by atoms with Gasteiger partial charge < -0.3 is 14.6 Å². The van der Waals surface area contributed by atoms with Gasteiger partial charge in [0.2, 0.25) is 0 Å². The lowest BCUT2D eigenvalue weighted by atomic mass is 9.88. The van der Waals surface area contributed by atoms with E-state index in [-0.39, 0.29) is 6.42 Å². The van der Waals surface area contributed by atoms with Gasteiger partial charge in [-0.2, -0.15) is 0 Å². The second-order valence-electron chi connectivity index (χ2n) is 6.62. The van der Waals surface area contributed by atoms with E-state index in [4.69, 9.17) is 11.2 Å². The maximum atomic E-state index is 13.5. The normalized spacial score (nSPS) is 18.4. The minimum absolute atomic E-state index is 0.275. The molecule has 1 aromatic heterocycles. The highest BCUT2D eigenvalue weighted by Crippen LogP contribution is 2.41. The summed E-state index contributed by atoms with van der Waals surface area (Å²) in [6.45, 7) is 0. The van der Waals surface area contributed by atoms with Gasteiger partial charge in [-0.15, -0.1) is 6.42 Å². The van der Waals surface area contributed by atoms with Gasteiger partial charge in [-0.25, -0.2) is 9.18 Å². The van der Waals surface area contributed by atoms with E-state index in [1.54, 1.807) is 12.1 Å². The number of aromatic amines is 1. The van der Waals surface area contributed by atoms with Crippen molar-refractivity contribution in [1.29, 1.82) is 0 Å². The first kappa shape index (κ1) is 17.8. The number of para-hydroxylation sites is 1. The van der Waals surface area contributed by atoms with Crippen molar-refractivity contribution >= 4 is 22.8 Å². The van der Waals surface area contributed by atoms with Crippen LogP contribution in [0.2, 0.25) is 0 Å². The van der Waals surface area contributed by atoms with Gasteiger partial charge in [0, 0.05) is 23.0 Å². The fraction of sp³-hybridized carbons (Fsp3) is 0.182. The van der Waals surface area contributed by atoms with Crippen molar-refractivity contribution in [2.24, 2.45) is 0 Å². The van der Waals surface area contributed by atoms with E-state index in [9.17, 15) is 14.0 Å². The molecule has 1 N–H and O–H groups in total. The molecule has 4 rings (SSSR count). The fourth-order valence-corrected chi connectivity index (χ4v) is 3.92. The van der Waals surface area contributed by atoms with E-state index in [1.165, 1.54) is 24.1 Å². The van der Waals surface area contributed by atoms with Crippen molar-refractivity contribution in [2.45, 2.75) is 18.5 Å². The predicted octanol–water partition coefficient (Wildman–Crippen LogP) is 2.96. The highest BCUT2D eigenvalue weighted by molar-refractivity contribution is 5.98. The van der Waals surface area contributed by atoms with Crippen LogP contribution in [0, 0.1) is 18.2 Å². The predicted molar refractivity (Wildman–Crippen MR) is 102 cm³/mol. The van der Waals surface area contributed by atoms with Crippen molar-refractivity contribution in [1.82, 2.24) is 9.88 Å². The molecule has 0 saturated carbocycles. The van der Waals surface area contributed by atoms with Crippen LogP contribution in [-0.4, -0.2) is 34.9 Å². The van der Waals surface area contributed by atoms with Crippen LogP contribution in [0.15, 0.2) is 48.5 Å². The smallest absolute Gasteiger partial charge is 0.328 e. The molecule has 6 heteroatoms. The third-order valence-electron chi connectivity index (χ3n) is 5.15. The zero-order valence-electron chi connectivity index (χ0n) is 15.1. The Labute approximate surface area is 161 Å². The van der Waals surface area contributed by atoms with Crippen molar-refractivity contribution in [3.8, 4) is 12.3 Å². The molecule has 0 saturated heterocycles. The average molecular weight is 376 g/mol. The fourth-order valence-electron chi connectivity index (χ4n) is 3.92. The molecule has 0 bridgehead atoms. The Kier molecular flexibility index (Phi) is 4.36. The lowest BCUT2D eigenvalue weighted by Crippen LogP contribution is -2.51. The number of hydrogen-bond donors (Lipinski definition) is 1. The number of halogens is 1. The van der Waals surface area contributed by atoms with Crippen LogP contribution in [-0.2, 0) is 20.7 Å². The van der Waals surface area contributed by atoms with Crippen molar-refractivity contribution in [3.05, 3.63) is 71.2 Å². The van der Waals surface area contributed by atoms with Gasteiger partial charge in [0.1, 0.15) is 11.9 Å². The van der Waals surface area contributed by atoms with E-state index in [0.717, 1.165) is 22.2 Å². The van der Waals surface area contributed by atoms with E-state index in [0.29, 0.717) is 5.56 Å². The first-order valence-electron chi connectivity index (χ1n) is 8.76. The summed E-state index contributed by atoms with van der Waals surface area (Å²) in [5, 5.41) is 0.964. The molecule has 2 aromatic carbocycles. The summed E-state index contributed by atoms with van der Waals surface area (Å²) in [5.74, 6) is 0.538. The molecule has 140 valence electrons. The molecule has 0 spiro atoms. The number of nitrogens with zero attached hydrogens (tertiary/aromatic N) is 1. The Morgan fingerprint density at radius 1 is 1.21 bits per heavy atom. The van der Waals surface area contributed by atoms with Gasteiger partial charge in [0.05, 0.1) is 13.2 Å². The van der Waals surface area contributed by atoms with Gasteiger partial charge in [-0.1, -0.05) is 30.3 Å². The Hall–Kier alpha value is -3.59. The first-order valence-corrected chi connectivity index (χ1v) is 8.76. The highest BCUT2D eigenvalue weighted by Gasteiger charge is 2.43. The molecule has 1 aliphatic heterocycles. The third-order valence-corrected chi connectivity index (χ3v) is 5.15. The van der Waals surface area contributed by atoms with E-state index in [2.05, 4.69) is 10.9 Å². The van der Waals surface area contributed by atoms with Crippen LogP contribution in [0.25, 0.3) is 10.9 Å². The molecule has 0 unspecified atom stereocenters. The number of fused-ring (bicyclic) bond motifs is 3. The lowest BCUT2D eigenvalue weighted by molar-refractivity contribution is -0.153. The maximum absolute atomic E-state index is 13.5. The lowest BCUT2D eigenvalue weighted by Gasteiger charge is -2.39. The van der Waals surface area contributed by atoms with E-state index in [1.807, 2.05) is 24.3 Å². The molecule has 5 nitrogen and oxygen atoms in total. The molecule has 1 aliphatic rings. The number of rotatable bonds is 2. The zero-order chi connectivity index (χ0) is 19.8. The Balaban J connectivity index is 1.99. The average Bonchev–Trinajstić information content (AvgIpc) is 3.10. The molecule has 1 amide bonds. The number of terminal acetylenes is 1. The summed E-state index contributed by atoms with van der Waals surface area (Å²) in [7, 11) is 1.28. The largest absolute Gasteiger partial charge is 0.467 e. The van der Waals surface area contributed by atoms with Gasteiger partial charge in [0.15, 0.2) is 0 Å². The SMILES string of the molecule is C#CC(=O)N1[C@@H](c2ccc(F)cc2)c2[nH]c3ccccc3c2C[C@@H]1C(=O)OC. The number of nitrogens with one attached hydrogen (secondary N) is 1. The molecular formula is C22H17FN2O3. The topological polar surface area (TPSA) is 62.4 Å².